The van der Waals surface area contributed by atoms with E-state index in [4.69, 9.17) is 4.65 Å². The van der Waals surface area contributed by atoms with Crippen molar-refractivity contribution in [1.29, 1.82) is 0 Å². The Morgan fingerprint density at radius 2 is 2.06 bits per heavy atom. The van der Waals surface area contributed by atoms with E-state index in [0.717, 1.165) is 21.2 Å². The first-order chi connectivity index (χ1) is 15.4. The molecule has 2 N–H and O–H groups in total. The second kappa shape index (κ2) is 9.89. The number of Topliss-reactive ketones (excluding diaryl/α,β-unsaturated/α-hetero) is 1. The molecule has 1 aliphatic heterocycles. The van der Waals surface area contributed by atoms with Crippen molar-refractivity contribution in [3.05, 3.63) is 75.8 Å². The normalized spacial score (nSPS) is 15.9. The van der Waals surface area contributed by atoms with Crippen LogP contribution in [0.2, 0.25) is 5.82 Å². The Balaban J connectivity index is 1.40. The molecule has 1 aromatic heterocycles. The van der Waals surface area contributed by atoms with Crippen LogP contribution in [0.3, 0.4) is 0 Å². The molecule has 0 spiro atoms. The van der Waals surface area contributed by atoms with Gasteiger partial charge in [-0.2, -0.15) is 0 Å². The monoisotopic (exact) mass is 466 g/mol. The maximum atomic E-state index is 12.9. The van der Waals surface area contributed by atoms with Gasteiger partial charge in [-0.05, 0) is 37.0 Å². The van der Waals surface area contributed by atoms with Crippen molar-refractivity contribution < 1.29 is 19.7 Å². The molecule has 164 valence electrons. The van der Waals surface area contributed by atoms with Gasteiger partial charge in [-0.1, -0.05) is 64.9 Å². The number of carbonyl (C=O) groups is 1. The van der Waals surface area contributed by atoms with Crippen LogP contribution < -0.4 is 4.65 Å². The summed E-state index contributed by atoms with van der Waals surface area (Å²) in [5.41, 5.74) is 4.55. The molecule has 6 nitrogen and oxygen atoms in total. The average molecular weight is 466 g/mol. The molecular formula is C23H23BN2O4S2. The average Bonchev–Trinajstić information content (AvgIpc) is 3.24. The van der Waals surface area contributed by atoms with E-state index < -0.39 is 12.9 Å². The summed E-state index contributed by atoms with van der Waals surface area (Å²) >= 11 is 2.97. The van der Waals surface area contributed by atoms with Crippen molar-refractivity contribution in [3.63, 3.8) is 0 Å². The number of thiazole rings is 1. The van der Waals surface area contributed by atoms with Gasteiger partial charge >= 0.3 is 7.12 Å². The summed E-state index contributed by atoms with van der Waals surface area (Å²) in [6.45, 7) is 3.97. The van der Waals surface area contributed by atoms with E-state index in [2.05, 4.69) is 41.3 Å². The molecule has 0 fully saturated rings. The van der Waals surface area contributed by atoms with E-state index in [0.29, 0.717) is 17.9 Å². The number of para-hydroxylation sites is 1. The molecule has 3 aromatic rings. The van der Waals surface area contributed by atoms with Gasteiger partial charge in [-0.15, -0.1) is 11.3 Å². The third kappa shape index (κ3) is 5.06. The molecule has 0 unspecified atom stereocenters. The molecule has 9 heteroatoms. The first kappa shape index (κ1) is 22.6. The van der Waals surface area contributed by atoms with Gasteiger partial charge in [0, 0.05) is 23.4 Å². The van der Waals surface area contributed by atoms with E-state index in [1.807, 2.05) is 25.1 Å². The summed E-state index contributed by atoms with van der Waals surface area (Å²) in [5.74, 6) is 0.630. The Morgan fingerprint density at radius 1 is 1.28 bits per heavy atom. The lowest BCUT2D eigenvalue weighted by Gasteiger charge is -2.28. The van der Waals surface area contributed by atoms with E-state index in [-0.39, 0.29) is 17.9 Å². The summed E-state index contributed by atoms with van der Waals surface area (Å²) in [6.07, 6.45) is 0.509. The van der Waals surface area contributed by atoms with Crippen LogP contribution in [0.25, 0.3) is 0 Å². The van der Waals surface area contributed by atoms with Crippen molar-refractivity contribution in [3.8, 4) is 5.75 Å². The van der Waals surface area contributed by atoms with Crippen LogP contribution >= 0.6 is 23.1 Å². The van der Waals surface area contributed by atoms with Crippen molar-refractivity contribution >= 4 is 41.7 Å². The lowest BCUT2D eigenvalue weighted by molar-refractivity contribution is -0.113. The maximum absolute atomic E-state index is 12.9. The van der Waals surface area contributed by atoms with Crippen LogP contribution in [0.5, 0.6) is 5.75 Å². The van der Waals surface area contributed by atoms with Crippen molar-refractivity contribution in [1.82, 2.24) is 4.98 Å². The molecular weight excluding hydrogens is 443 g/mol. The third-order valence-corrected chi connectivity index (χ3v) is 7.53. The fourth-order valence-corrected chi connectivity index (χ4v) is 5.43. The highest BCUT2D eigenvalue weighted by atomic mass is 32.2. The van der Waals surface area contributed by atoms with Gasteiger partial charge in [0.05, 0.1) is 0 Å². The number of thioether (sulfide) groups is 1. The molecule has 0 radical (unpaired) electrons. The van der Waals surface area contributed by atoms with E-state index in [1.54, 1.807) is 17.1 Å². The lowest BCUT2D eigenvalue weighted by atomic mass is 9.64. The second-order valence-electron chi connectivity index (χ2n) is 7.88. The minimum absolute atomic E-state index is 0.00267. The molecule has 0 aliphatic carbocycles. The fourth-order valence-electron chi connectivity index (χ4n) is 3.66. The zero-order chi connectivity index (χ0) is 22.7. The third-order valence-electron chi connectivity index (χ3n) is 5.44. The number of ketones is 1. The molecule has 0 bridgehead atoms. The van der Waals surface area contributed by atoms with Crippen LogP contribution in [0.15, 0.2) is 57.3 Å². The number of benzene rings is 2. The van der Waals surface area contributed by atoms with Crippen molar-refractivity contribution in [2.45, 2.75) is 42.6 Å². The topological polar surface area (TPSA) is 92.0 Å². The Bertz CT molecular complexity index is 1150. The van der Waals surface area contributed by atoms with Crippen molar-refractivity contribution in [2.75, 3.05) is 0 Å². The highest BCUT2D eigenvalue weighted by Crippen LogP contribution is 2.36. The van der Waals surface area contributed by atoms with E-state index >= 15 is 0 Å². The summed E-state index contributed by atoms with van der Waals surface area (Å²) in [6, 6.07) is 14.1. The smallest absolute Gasteiger partial charge is 0.526 e. The van der Waals surface area contributed by atoms with Gasteiger partial charge in [0.2, 0.25) is 0 Å². The number of rotatable bonds is 7. The predicted octanol–water partition coefficient (Wildman–Crippen LogP) is 4.68. The molecule has 0 saturated heterocycles. The lowest BCUT2D eigenvalue weighted by Crippen LogP contribution is -2.36. The van der Waals surface area contributed by atoms with Crippen LogP contribution in [0.1, 0.15) is 34.4 Å². The Labute approximate surface area is 195 Å². The number of carbonyl (C=O) groups excluding carboxylic acids is 1. The number of oxime groups is 1. The number of hydrogen-bond donors (Lipinski definition) is 2. The molecule has 1 atom stereocenters. The van der Waals surface area contributed by atoms with Crippen LogP contribution in [-0.2, 0) is 17.0 Å². The van der Waals surface area contributed by atoms with Gasteiger partial charge in [-0.3, -0.25) is 4.79 Å². The highest BCUT2D eigenvalue weighted by molar-refractivity contribution is 8.00. The SMILES string of the molecule is Cc1ccc(CSc2nc(/C(=N/O)C(=O)C[C@H]3Cc4cccc(C)c4OB3O)cs2)cc1. The van der Waals surface area contributed by atoms with Gasteiger partial charge in [0.25, 0.3) is 0 Å². The number of fused-ring (bicyclic) bond motifs is 1. The zero-order valence-corrected chi connectivity index (χ0v) is 19.4. The Hall–Kier alpha value is -2.62. The zero-order valence-electron chi connectivity index (χ0n) is 17.8. The molecule has 2 aromatic carbocycles. The Kier molecular flexibility index (Phi) is 6.98. The minimum atomic E-state index is -1.09. The van der Waals surface area contributed by atoms with Crippen LogP contribution in [0, 0.1) is 13.8 Å². The largest absolute Gasteiger partial charge is 0.536 e. The summed E-state index contributed by atoms with van der Waals surface area (Å²) in [5, 5.41) is 24.9. The molecule has 0 saturated carbocycles. The van der Waals surface area contributed by atoms with Crippen molar-refractivity contribution in [2.24, 2.45) is 5.16 Å². The maximum Gasteiger partial charge on any atom is 0.526 e. The molecule has 2 heterocycles. The van der Waals surface area contributed by atoms with Gasteiger partial charge in [0.1, 0.15) is 11.4 Å². The van der Waals surface area contributed by atoms with Crippen LogP contribution in [0.4, 0.5) is 0 Å². The summed E-state index contributed by atoms with van der Waals surface area (Å²) in [4.78, 5) is 17.4. The van der Waals surface area contributed by atoms with Gasteiger partial charge < -0.3 is 14.9 Å². The number of hydrogen-bond acceptors (Lipinski definition) is 8. The predicted molar refractivity (Wildman–Crippen MR) is 128 cm³/mol. The minimum Gasteiger partial charge on any atom is -0.536 e. The first-order valence-electron chi connectivity index (χ1n) is 10.3. The highest BCUT2D eigenvalue weighted by Gasteiger charge is 2.37. The number of aromatic nitrogens is 1. The number of nitrogens with zero attached hydrogens (tertiary/aromatic N) is 2. The quantitative estimate of drug-likeness (QED) is 0.173. The van der Waals surface area contributed by atoms with Crippen LogP contribution in [-0.4, -0.2) is 33.8 Å². The molecule has 4 rings (SSSR count). The Morgan fingerprint density at radius 3 is 2.81 bits per heavy atom. The standard InChI is InChI=1S/C23H23BN2O4S2/c1-14-6-8-16(9-7-14)12-31-23-25-19(13-32-23)21(26-29)20(27)11-18-10-17-5-3-4-15(2)22(17)30-24(18)28/h3-9,13,18,28-29H,10-12H2,1-2H3/b26-21-/t18-/m1/s1. The first-order valence-corrected chi connectivity index (χ1v) is 12.1. The van der Waals surface area contributed by atoms with E-state index in [1.165, 1.54) is 22.5 Å². The summed E-state index contributed by atoms with van der Waals surface area (Å²) < 4.78 is 6.46. The second-order valence-corrected chi connectivity index (χ2v) is 9.97. The fraction of sp³-hybridized carbons (Fsp3) is 0.261. The van der Waals surface area contributed by atoms with E-state index in [9.17, 15) is 15.0 Å². The number of aryl methyl sites for hydroxylation is 2. The molecule has 1 aliphatic rings. The van der Waals surface area contributed by atoms with Gasteiger partial charge in [0.15, 0.2) is 15.8 Å². The summed E-state index contributed by atoms with van der Waals surface area (Å²) in [7, 11) is -1.09. The molecule has 32 heavy (non-hydrogen) atoms. The van der Waals surface area contributed by atoms with Gasteiger partial charge in [-0.25, -0.2) is 4.98 Å². The molecule has 0 amide bonds.